The molecule has 0 radical (unpaired) electrons. The molecule has 1 aromatic carbocycles. The maximum absolute atomic E-state index is 10.7. The summed E-state index contributed by atoms with van der Waals surface area (Å²) in [7, 11) is 0. The molecule has 3 nitrogen and oxygen atoms in total. The van der Waals surface area contributed by atoms with Gasteiger partial charge in [0.05, 0.1) is 0 Å². The van der Waals surface area contributed by atoms with Crippen molar-refractivity contribution < 1.29 is 9.53 Å². The Labute approximate surface area is 90.2 Å². The molecule has 1 aromatic rings. The number of carbonyl (C=O) groups is 1. The summed E-state index contributed by atoms with van der Waals surface area (Å²) in [6.45, 7) is 5.73. The molecule has 0 fully saturated rings. The van der Waals surface area contributed by atoms with Crippen molar-refractivity contribution >= 4 is 6.09 Å². The van der Waals surface area contributed by atoms with Crippen LogP contribution in [0.5, 0.6) is 0 Å². The molecule has 0 saturated carbocycles. The summed E-state index contributed by atoms with van der Waals surface area (Å²) in [5.74, 6) is 0. The first-order valence-corrected chi connectivity index (χ1v) is 4.93. The van der Waals surface area contributed by atoms with Crippen LogP contribution in [0, 0.1) is 6.92 Å². The smallest absolute Gasteiger partial charge is 0.405 e. The van der Waals surface area contributed by atoms with Crippen molar-refractivity contribution in [3.8, 4) is 0 Å². The van der Waals surface area contributed by atoms with Crippen molar-refractivity contribution in [1.82, 2.24) is 0 Å². The van der Waals surface area contributed by atoms with Crippen molar-refractivity contribution in [1.29, 1.82) is 0 Å². The van der Waals surface area contributed by atoms with Gasteiger partial charge in [0.25, 0.3) is 0 Å². The molecule has 1 rings (SSSR count). The van der Waals surface area contributed by atoms with Gasteiger partial charge in [0.2, 0.25) is 0 Å². The quantitative estimate of drug-likeness (QED) is 0.827. The van der Waals surface area contributed by atoms with Crippen LogP contribution in [0.25, 0.3) is 0 Å². The van der Waals surface area contributed by atoms with Crippen LogP contribution in [0.4, 0.5) is 4.79 Å². The van der Waals surface area contributed by atoms with Gasteiger partial charge in [0.1, 0.15) is 5.60 Å². The molecule has 15 heavy (non-hydrogen) atoms. The van der Waals surface area contributed by atoms with Crippen LogP contribution in [0.2, 0.25) is 0 Å². The molecule has 82 valence electrons. The summed E-state index contributed by atoms with van der Waals surface area (Å²) in [4.78, 5) is 10.7. The molecular weight excluding hydrogens is 190 g/mol. The Morgan fingerprint density at radius 2 is 1.87 bits per heavy atom. The van der Waals surface area contributed by atoms with Gasteiger partial charge in [-0.05, 0) is 26.3 Å². The van der Waals surface area contributed by atoms with Gasteiger partial charge in [0, 0.05) is 6.42 Å². The van der Waals surface area contributed by atoms with Gasteiger partial charge >= 0.3 is 6.09 Å². The number of hydrogen-bond acceptors (Lipinski definition) is 2. The summed E-state index contributed by atoms with van der Waals surface area (Å²) >= 11 is 0. The molecule has 1 amide bonds. The van der Waals surface area contributed by atoms with E-state index in [9.17, 15) is 4.79 Å². The molecule has 0 spiro atoms. The molecule has 2 N–H and O–H groups in total. The van der Waals surface area contributed by atoms with Crippen molar-refractivity contribution in [2.45, 2.75) is 32.8 Å². The molecule has 0 atom stereocenters. The van der Waals surface area contributed by atoms with E-state index in [0.717, 1.165) is 5.56 Å². The van der Waals surface area contributed by atoms with Crippen LogP contribution < -0.4 is 5.73 Å². The van der Waals surface area contributed by atoms with Crippen molar-refractivity contribution in [2.75, 3.05) is 0 Å². The molecule has 3 heteroatoms. The molecule has 0 aromatic heterocycles. The predicted molar refractivity (Wildman–Crippen MR) is 59.6 cm³/mol. The number of hydrogen-bond donors (Lipinski definition) is 1. The largest absolute Gasteiger partial charge is 0.443 e. The number of nitrogens with two attached hydrogens (primary N) is 1. The maximum Gasteiger partial charge on any atom is 0.405 e. The molecule has 0 aliphatic carbocycles. The highest BCUT2D eigenvalue weighted by molar-refractivity contribution is 5.65. The van der Waals surface area contributed by atoms with Crippen molar-refractivity contribution in [3.63, 3.8) is 0 Å². The summed E-state index contributed by atoms with van der Waals surface area (Å²) in [5.41, 5.74) is 6.79. The second-order valence-corrected chi connectivity index (χ2v) is 4.34. The van der Waals surface area contributed by atoms with E-state index in [1.165, 1.54) is 5.56 Å². The fourth-order valence-corrected chi connectivity index (χ4v) is 1.51. The van der Waals surface area contributed by atoms with Gasteiger partial charge in [-0.25, -0.2) is 4.79 Å². The van der Waals surface area contributed by atoms with E-state index >= 15 is 0 Å². The SMILES string of the molecule is Cc1ccc(CC(C)(C)OC(N)=O)cc1. The first-order chi connectivity index (χ1) is 6.89. The molecular formula is C12H17NO2. The fraction of sp³-hybridized carbons (Fsp3) is 0.417. The topological polar surface area (TPSA) is 52.3 Å². The number of aryl methyl sites for hydroxylation is 1. The molecule has 0 heterocycles. The van der Waals surface area contributed by atoms with Gasteiger partial charge < -0.3 is 10.5 Å². The Hall–Kier alpha value is -1.51. The van der Waals surface area contributed by atoms with E-state index in [4.69, 9.17) is 10.5 Å². The standard InChI is InChI=1S/C12H17NO2/c1-9-4-6-10(7-5-9)8-12(2,3)15-11(13)14/h4-7H,8H2,1-3H3,(H2,13,14). The summed E-state index contributed by atoms with van der Waals surface area (Å²) in [6, 6.07) is 8.13. The number of rotatable bonds is 3. The van der Waals surface area contributed by atoms with Gasteiger partial charge in [-0.2, -0.15) is 0 Å². The van der Waals surface area contributed by atoms with Gasteiger partial charge in [0.15, 0.2) is 0 Å². The average molecular weight is 207 g/mol. The Bertz CT molecular complexity index is 341. The summed E-state index contributed by atoms with van der Waals surface area (Å²) < 4.78 is 5.01. The minimum absolute atomic E-state index is 0.554. The van der Waals surface area contributed by atoms with Crippen LogP contribution in [-0.2, 0) is 11.2 Å². The fourth-order valence-electron chi connectivity index (χ4n) is 1.51. The number of primary amides is 1. The van der Waals surface area contributed by atoms with Crippen LogP contribution in [-0.4, -0.2) is 11.7 Å². The zero-order valence-corrected chi connectivity index (χ0v) is 9.41. The number of carbonyl (C=O) groups excluding carboxylic acids is 1. The third-order valence-corrected chi connectivity index (χ3v) is 2.13. The average Bonchev–Trinajstić information content (AvgIpc) is 2.06. The third-order valence-electron chi connectivity index (χ3n) is 2.13. The van der Waals surface area contributed by atoms with E-state index in [1.54, 1.807) is 0 Å². The second kappa shape index (κ2) is 4.34. The third kappa shape index (κ3) is 4.02. The van der Waals surface area contributed by atoms with E-state index in [1.807, 2.05) is 45.0 Å². The Morgan fingerprint density at radius 3 is 2.33 bits per heavy atom. The number of amides is 1. The van der Waals surface area contributed by atoms with Gasteiger partial charge in [-0.15, -0.1) is 0 Å². The molecule has 0 aliphatic heterocycles. The lowest BCUT2D eigenvalue weighted by Gasteiger charge is -2.23. The highest BCUT2D eigenvalue weighted by Gasteiger charge is 2.21. The molecule has 0 unspecified atom stereocenters. The summed E-state index contributed by atoms with van der Waals surface area (Å²) in [5, 5.41) is 0. The Morgan fingerprint density at radius 1 is 1.33 bits per heavy atom. The second-order valence-electron chi connectivity index (χ2n) is 4.34. The molecule has 0 bridgehead atoms. The number of benzene rings is 1. The monoisotopic (exact) mass is 207 g/mol. The lowest BCUT2D eigenvalue weighted by Crippen LogP contribution is -2.33. The van der Waals surface area contributed by atoms with E-state index in [0.29, 0.717) is 6.42 Å². The first kappa shape index (κ1) is 11.6. The van der Waals surface area contributed by atoms with Crippen LogP contribution in [0.1, 0.15) is 25.0 Å². The lowest BCUT2D eigenvalue weighted by atomic mass is 9.98. The van der Waals surface area contributed by atoms with Gasteiger partial charge in [-0.1, -0.05) is 29.8 Å². The molecule has 0 saturated heterocycles. The molecule has 0 aliphatic rings. The predicted octanol–water partition coefficient (Wildman–Crippen LogP) is 2.41. The van der Waals surface area contributed by atoms with Crippen molar-refractivity contribution in [3.05, 3.63) is 35.4 Å². The van der Waals surface area contributed by atoms with Crippen LogP contribution in [0.3, 0.4) is 0 Å². The summed E-state index contributed by atoms with van der Waals surface area (Å²) in [6.07, 6.45) is -0.0666. The normalized spacial score (nSPS) is 11.1. The lowest BCUT2D eigenvalue weighted by molar-refractivity contribution is 0.0460. The van der Waals surface area contributed by atoms with Crippen LogP contribution in [0.15, 0.2) is 24.3 Å². The zero-order chi connectivity index (χ0) is 11.5. The minimum Gasteiger partial charge on any atom is -0.443 e. The first-order valence-electron chi connectivity index (χ1n) is 4.93. The zero-order valence-electron chi connectivity index (χ0n) is 9.41. The maximum atomic E-state index is 10.7. The highest BCUT2D eigenvalue weighted by atomic mass is 16.6. The van der Waals surface area contributed by atoms with E-state index < -0.39 is 11.7 Å². The van der Waals surface area contributed by atoms with Gasteiger partial charge in [-0.3, -0.25) is 0 Å². The highest BCUT2D eigenvalue weighted by Crippen LogP contribution is 2.17. The van der Waals surface area contributed by atoms with Crippen LogP contribution >= 0.6 is 0 Å². The van der Waals surface area contributed by atoms with E-state index in [2.05, 4.69) is 0 Å². The number of ether oxygens (including phenoxy) is 1. The minimum atomic E-state index is -0.730. The Balaban J connectivity index is 2.68. The Kier molecular flexibility index (Phi) is 3.35. The van der Waals surface area contributed by atoms with Crippen molar-refractivity contribution in [2.24, 2.45) is 5.73 Å². The van der Waals surface area contributed by atoms with E-state index in [-0.39, 0.29) is 0 Å².